The summed E-state index contributed by atoms with van der Waals surface area (Å²) in [6.07, 6.45) is 0. The molecule has 6 nitrogen and oxygen atoms in total. The van der Waals surface area contributed by atoms with Gasteiger partial charge in [0.05, 0.1) is 23.9 Å². The van der Waals surface area contributed by atoms with Crippen LogP contribution in [-0.4, -0.2) is 30.0 Å². The summed E-state index contributed by atoms with van der Waals surface area (Å²) >= 11 is 0. The quantitative estimate of drug-likeness (QED) is 0.796. The molecule has 120 valence electrons. The van der Waals surface area contributed by atoms with Crippen molar-refractivity contribution in [2.45, 2.75) is 0 Å². The molecule has 4 rings (SSSR count). The molecule has 1 aliphatic rings. The minimum absolute atomic E-state index is 0.173. The monoisotopic (exact) mass is 323 g/mol. The third-order valence-corrected chi connectivity index (χ3v) is 3.91. The second kappa shape index (κ2) is 5.42. The molecule has 0 saturated carbocycles. The minimum atomic E-state index is -1.02. The van der Waals surface area contributed by atoms with E-state index in [4.69, 9.17) is 14.2 Å². The fourth-order valence-electron chi connectivity index (χ4n) is 2.71. The molecule has 0 radical (unpaired) electrons. The van der Waals surface area contributed by atoms with E-state index in [9.17, 15) is 9.90 Å². The van der Waals surface area contributed by atoms with Crippen molar-refractivity contribution in [1.29, 1.82) is 0 Å². The summed E-state index contributed by atoms with van der Waals surface area (Å²) in [7, 11) is 1.54. The zero-order valence-electron chi connectivity index (χ0n) is 12.8. The molecule has 3 aromatic rings. The van der Waals surface area contributed by atoms with Crippen LogP contribution in [0.15, 0.2) is 42.5 Å². The summed E-state index contributed by atoms with van der Waals surface area (Å²) < 4.78 is 15.8. The van der Waals surface area contributed by atoms with E-state index in [0.29, 0.717) is 33.8 Å². The summed E-state index contributed by atoms with van der Waals surface area (Å²) in [6.45, 7) is 0.185. The SMILES string of the molecule is COc1ccc2nc(-c3ccc4c(c3)OCO4)cc(C(=O)O)c2c1. The van der Waals surface area contributed by atoms with Crippen LogP contribution in [0, 0.1) is 0 Å². The van der Waals surface area contributed by atoms with E-state index in [-0.39, 0.29) is 12.4 Å². The molecule has 1 aromatic heterocycles. The number of fused-ring (bicyclic) bond motifs is 2. The van der Waals surface area contributed by atoms with Crippen molar-refractivity contribution in [2.75, 3.05) is 13.9 Å². The number of carbonyl (C=O) groups is 1. The molecular weight excluding hydrogens is 310 g/mol. The zero-order valence-corrected chi connectivity index (χ0v) is 12.8. The number of hydrogen-bond donors (Lipinski definition) is 1. The van der Waals surface area contributed by atoms with Crippen LogP contribution in [0.5, 0.6) is 17.2 Å². The van der Waals surface area contributed by atoms with Gasteiger partial charge in [0.25, 0.3) is 0 Å². The molecule has 0 fully saturated rings. The predicted molar refractivity (Wildman–Crippen MR) is 86.8 cm³/mol. The third kappa shape index (κ3) is 2.28. The predicted octanol–water partition coefficient (Wildman–Crippen LogP) is 3.34. The van der Waals surface area contributed by atoms with Crippen molar-refractivity contribution in [3.8, 4) is 28.5 Å². The van der Waals surface area contributed by atoms with Gasteiger partial charge in [-0.3, -0.25) is 0 Å². The van der Waals surface area contributed by atoms with Gasteiger partial charge in [0, 0.05) is 10.9 Å². The molecule has 1 N–H and O–H groups in total. The average molecular weight is 323 g/mol. The van der Waals surface area contributed by atoms with E-state index in [1.54, 1.807) is 36.4 Å². The highest BCUT2D eigenvalue weighted by molar-refractivity contribution is 6.04. The van der Waals surface area contributed by atoms with Gasteiger partial charge in [-0.15, -0.1) is 0 Å². The number of methoxy groups -OCH3 is 1. The smallest absolute Gasteiger partial charge is 0.336 e. The highest BCUT2D eigenvalue weighted by atomic mass is 16.7. The van der Waals surface area contributed by atoms with E-state index in [1.807, 2.05) is 6.07 Å². The maximum atomic E-state index is 11.7. The van der Waals surface area contributed by atoms with Crippen molar-refractivity contribution < 1.29 is 24.1 Å². The van der Waals surface area contributed by atoms with E-state index in [2.05, 4.69) is 4.98 Å². The molecule has 2 aromatic carbocycles. The molecular formula is C18H13NO5. The van der Waals surface area contributed by atoms with Gasteiger partial charge >= 0.3 is 5.97 Å². The maximum Gasteiger partial charge on any atom is 0.336 e. The van der Waals surface area contributed by atoms with Gasteiger partial charge in [0.1, 0.15) is 5.75 Å². The number of nitrogens with zero attached hydrogens (tertiary/aromatic N) is 1. The van der Waals surface area contributed by atoms with Crippen LogP contribution >= 0.6 is 0 Å². The van der Waals surface area contributed by atoms with Crippen LogP contribution in [0.3, 0.4) is 0 Å². The molecule has 0 atom stereocenters. The highest BCUT2D eigenvalue weighted by Crippen LogP contribution is 2.36. The molecule has 6 heteroatoms. The molecule has 0 amide bonds. The van der Waals surface area contributed by atoms with Gasteiger partial charge in [0.2, 0.25) is 6.79 Å². The zero-order chi connectivity index (χ0) is 16.7. The largest absolute Gasteiger partial charge is 0.497 e. The molecule has 0 saturated heterocycles. The fourth-order valence-corrected chi connectivity index (χ4v) is 2.71. The number of hydrogen-bond acceptors (Lipinski definition) is 5. The Morgan fingerprint density at radius 1 is 1.12 bits per heavy atom. The first-order valence-electron chi connectivity index (χ1n) is 7.28. The van der Waals surface area contributed by atoms with Gasteiger partial charge in [-0.2, -0.15) is 0 Å². The lowest BCUT2D eigenvalue weighted by molar-refractivity contribution is 0.0699. The van der Waals surface area contributed by atoms with E-state index in [0.717, 1.165) is 5.56 Å². The lowest BCUT2D eigenvalue weighted by Gasteiger charge is -2.09. The second-order valence-corrected chi connectivity index (χ2v) is 5.31. The molecule has 0 unspecified atom stereocenters. The number of carboxylic acid groups (broad SMARTS) is 1. The van der Waals surface area contributed by atoms with Crippen molar-refractivity contribution >= 4 is 16.9 Å². The molecule has 24 heavy (non-hydrogen) atoms. The Bertz CT molecular complexity index is 967. The number of carboxylic acids is 1. The number of aromatic nitrogens is 1. The lowest BCUT2D eigenvalue weighted by atomic mass is 10.0. The summed E-state index contributed by atoms with van der Waals surface area (Å²) in [5, 5.41) is 10.1. The average Bonchev–Trinajstić information content (AvgIpc) is 3.07. The Balaban J connectivity index is 1.92. The van der Waals surface area contributed by atoms with Gasteiger partial charge in [-0.25, -0.2) is 9.78 Å². The normalized spacial score (nSPS) is 12.4. The van der Waals surface area contributed by atoms with Crippen LogP contribution in [0.2, 0.25) is 0 Å². The van der Waals surface area contributed by atoms with Crippen molar-refractivity contribution in [3.63, 3.8) is 0 Å². The first kappa shape index (κ1) is 14.3. The Morgan fingerprint density at radius 2 is 1.96 bits per heavy atom. The maximum absolute atomic E-state index is 11.7. The summed E-state index contributed by atoms with van der Waals surface area (Å²) in [5.41, 5.74) is 2.08. The lowest BCUT2D eigenvalue weighted by Crippen LogP contribution is -2.00. The number of rotatable bonds is 3. The van der Waals surface area contributed by atoms with Gasteiger partial charge in [0.15, 0.2) is 11.5 Å². The number of ether oxygens (including phenoxy) is 3. The Hall–Kier alpha value is -3.28. The van der Waals surface area contributed by atoms with Crippen molar-refractivity contribution in [2.24, 2.45) is 0 Å². The molecule has 0 bridgehead atoms. The Morgan fingerprint density at radius 3 is 2.75 bits per heavy atom. The van der Waals surface area contributed by atoms with E-state index in [1.165, 1.54) is 7.11 Å². The Kier molecular flexibility index (Phi) is 3.23. The van der Waals surface area contributed by atoms with Crippen LogP contribution in [-0.2, 0) is 0 Å². The number of benzene rings is 2. The fraction of sp³-hybridized carbons (Fsp3) is 0.111. The van der Waals surface area contributed by atoms with Gasteiger partial charge in [-0.1, -0.05) is 0 Å². The van der Waals surface area contributed by atoms with Crippen LogP contribution in [0.4, 0.5) is 0 Å². The third-order valence-electron chi connectivity index (χ3n) is 3.91. The summed E-state index contributed by atoms with van der Waals surface area (Å²) in [4.78, 5) is 16.2. The topological polar surface area (TPSA) is 77.9 Å². The molecule has 0 aliphatic carbocycles. The Labute approximate surface area is 137 Å². The van der Waals surface area contributed by atoms with Crippen molar-refractivity contribution in [3.05, 3.63) is 48.0 Å². The summed E-state index contributed by atoms with van der Waals surface area (Å²) in [5.74, 6) is 0.865. The van der Waals surface area contributed by atoms with Crippen LogP contribution in [0.1, 0.15) is 10.4 Å². The van der Waals surface area contributed by atoms with Crippen molar-refractivity contribution in [1.82, 2.24) is 4.98 Å². The first-order chi connectivity index (χ1) is 11.7. The van der Waals surface area contributed by atoms with Crippen LogP contribution < -0.4 is 14.2 Å². The molecule has 0 spiro atoms. The highest BCUT2D eigenvalue weighted by Gasteiger charge is 2.17. The minimum Gasteiger partial charge on any atom is -0.497 e. The number of pyridine rings is 1. The number of aromatic carboxylic acids is 1. The standard InChI is InChI=1S/C18H13NO5/c1-22-11-3-4-14-12(7-11)13(18(20)21)8-15(19-14)10-2-5-16-17(6-10)24-9-23-16/h2-8H,9H2,1H3,(H,20,21). The molecule has 2 heterocycles. The van der Waals surface area contributed by atoms with Crippen LogP contribution in [0.25, 0.3) is 22.2 Å². The van der Waals surface area contributed by atoms with Gasteiger partial charge < -0.3 is 19.3 Å². The molecule has 1 aliphatic heterocycles. The summed E-state index contributed by atoms with van der Waals surface area (Å²) in [6, 6.07) is 12.2. The van der Waals surface area contributed by atoms with E-state index >= 15 is 0 Å². The van der Waals surface area contributed by atoms with Gasteiger partial charge in [-0.05, 0) is 42.5 Å². The van der Waals surface area contributed by atoms with E-state index < -0.39 is 5.97 Å². The second-order valence-electron chi connectivity index (χ2n) is 5.31. The first-order valence-corrected chi connectivity index (χ1v) is 7.28.